The van der Waals surface area contributed by atoms with E-state index in [1.807, 2.05) is 12.1 Å². The van der Waals surface area contributed by atoms with E-state index >= 15 is 0 Å². The SMILES string of the molecule is C=CC(=O)Nc1cccc(Oc2c(Cl)cnc3nc(-c4ccc(S(C)=O)cc4)[nH]c23)c1. The third-order valence-electron chi connectivity index (χ3n) is 4.40. The number of carbonyl (C=O) groups excluding carboxylic acids is 1. The Labute approximate surface area is 185 Å². The molecule has 31 heavy (non-hydrogen) atoms. The maximum absolute atomic E-state index is 11.6. The minimum absolute atomic E-state index is 0.306. The van der Waals surface area contributed by atoms with Crippen LogP contribution < -0.4 is 10.1 Å². The molecule has 2 heterocycles. The van der Waals surface area contributed by atoms with E-state index in [4.69, 9.17) is 16.3 Å². The monoisotopic (exact) mass is 452 g/mol. The van der Waals surface area contributed by atoms with Gasteiger partial charge in [0.1, 0.15) is 22.1 Å². The molecular formula is C22H17ClN4O3S. The average Bonchev–Trinajstić information content (AvgIpc) is 3.20. The summed E-state index contributed by atoms with van der Waals surface area (Å²) < 4.78 is 17.6. The van der Waals surface area contributed by atoms with Gasteiger partial charge in [-0.25, -0.2) is 9.97 Å². The maximum Gasteiger partial charge on any atom is 0.247 e. The molecule has 1 unspecified atom stereocenters. The van der Waals surface area contributed by atoms with Crippen molar-refractivity contribution >= 4 is 45.2 Å². The molecular weight excluding hydrogens is 436 g/mol. The number of hydrogen-bond donors (Lipinski definition) is 2. The standard InChI is InChI=1S/C22H17ClN4O3S/c1-3-18(28)25-14-5-4-6-15(11-14)30-20-17(23)12-24-22-19(20)26-21(27-22)13-7-9-16(10-8-13)31(2)29/h3-12H,1H2,2H3,(H,25,28)(H,24,26,27). The van der Waals surface area contributed by atoms with Crippen molar-refractivity contribution in [2.24, 2.45) is 0 Å². The van der Waals surface area contributed by atoms with Gasteiger partial charge in [-0.15, -0.1) is 0 Å². The Bertz CT molecular complexity index is 1320. The van der Waals surface area contributed by atoms with E-state index in [-0.39, 0.29) is 5.91 Å². The second kappa shape index (κ2) is 8.71. The zero-order valence-corrected chi connectivity index (χ0v) is 18.0. The van der Waals surface area contributed by atoms with Gasteiger partial charge in [-0.2, -0.15) is 0 Å². The Morgan fingerprint density at radius 3 is 2.74 bits per heavy atom. The summed E-state index contributed by atoms with van der Waals surface area (Å²) in [6.07, 6.45) is 4.29. The van der Waals surface area contributed by atoms with Crippen LogP contribution in [0.15, 0.2) is 72.3 Å². The average molecular weight is 453 g/mol. The molecule has 4 aromatic rings. The summed E-state index contributed by atoms with van der Waals surface area (Å²) >= 11 is 6.36. The number of nitrogens with one attached hydrogen (secondary N) is 2. The van der Waals surface area contributed by atoms with Crippen LogP contribution in [-0.4, -0.2) is 31.3 Å². The minimum Gasteiger partial charge on any atom is -0.453 e. The van der Waals surface area contributed by atoms with Crippen molar-refractivity contribution in [1.29, 1.82) is 0 Å². The quantitative estimate of drug-likeness (QED) is 0.404. The number of rotatable bonds is 6. The molecule has 1 amide bonds. The second-order valence-electron chi connectivity index (χ2n) is 6.52. The molecule has 4 rings (SSSR count). The van der Waals surface area contributed by atoms with Gasteiger partial charge < -0.3 is 15.0 Å². The molecule has 9 heteroatoms. The normalized spacial score (nSPS) is 11.8. The number of H-pyrrole nitrogens is 1. The first kappa shape index (κ1) is 20.8. The molecule has 7 nitrogen and oxygen atoms in total. The number of hydrogen-bond acceptors (Lipinski definition) is 5. The van der Waals surface area contributed by atoms with Gasteiger partial charge >= 0.3 is 0 Å². The highest BCUT2D eigenvalue weighted by Crippen LogP contribution is 2.36. The number of imidazole rings is 1. The highest BCUT2D eigenvalue weighted by Gasteiger charge is 2.16. The van der Waals surface area contributed by atoms with Crippen LogP contribution in [0.3, 0.4) is 0 Å². The molecule has 0 aliphatic heterocycles. The first-order valence-corrected chi connectivity index (χ1v) is 11.1. The third kappa shape index (κ3) is 4.50. The van der Waals surface area contributed by atoms with Gasteiger partial charge in [0.05, 0.1) is 6.20 Å². The minimum atomic E-state index is -1.06. The van der Waals surface area contributed by atoms with Gasteiger partial charge in [0.2, 0.25) is 5.91 Å². The highest BCUT2D eigenvalue weighted by atomic mass is 35.5. The summed E-state index contributed by atoms with van der Waals surface area (Å²) in [4.78, 5) is 24.3. The summed E-state index contributed by atoms with van der Waals surface area (Å²) in [6, 6.07) is 14.2. The van der Waals surface area contributed by atoms with Crippen LogP contribution in [0.2, 0.25) is 5.02 Å². The molecule has 0 saturated carbocycles. The van der Waals surface area contributed by atoms with Crippen molar-refractivity contribution in [3.05, 3.63) is 72.4 Å². The fourth-order valence-electron chi connectivity index (χ4n) is 2.90. The van der Waals surface area contributed by atoms with Crippen LogP contribution >= 0.6 is 11.6 Å². The number of pyridine rings is 1. The number of aromatic amines is 1. The van der Waals surface area contributed by atoms with Gasteiger partial charge in [-0.05, 0) is 30.3 Å². The number of carbonyl (C=O) groups is 1. The van der Waals surface area contributed by atoms with E-state index in [9.17, 15) is 9.00 Å². The lowest BCUT2D eigenvalue weighted by molar-refractivity contribution is -0.111. The Morgan fingerprint density at radius 2 is 2.03 bits per heavy atom. The summed E-state index contributed by atoms with van der Waals surface area (Å²) in [5.41, 5.74) is 2.34. The van der Waals surface area contributed by atoms with E-state index in [1.54, 1.807) is 42.7 Å². The number of fused-ring (bicyclic) bond motifs is 1. The van der Waals surface area contributed by atoms with E-state index in [0.717, 1.165) is 10.5 Å². The zero-order valence-electron chi connectivity index (χ0n) is 16.4. The molecule has 2 aromatic carbocycles. The first-order chi connectivity index (χ1) is 14.9. The number of anilines is 1. The lowest BCUT2D eigenvalue weighted by Crippen LogP contribution is -2.06. The molecule has 2 N–H and O–H groups in total. The smallest absolute Gasteiger partial charge is 0.247 e. The second-order valence-corrected chi connectivity index (χ2v) is 8.31. The van der Waals surface area contributed by atoms with Gasteiger partial charge in [0, 0.05) is 39.3 Å². The Balaban J connectivity index is 1.69. The van der Waals surface area contributed by atoms with Gasteiger partial charge in [-0.1, -0.05) is 36.4 Å². The summed E-state index contributed by atoms with van der Waals surface area (Å²) in [7, 11) is -1.06. The van der Waals surface area contributed by atoms with Crippen molar-refractivity contribution in [2.45, 2.75) is 4.90 Å². The largest absolute Gasteiger partial charge is 0.453 e. The maximum atomic E-state index is 11.6. The summed E-state index contributed by atoms with van der Waals surface area (Å²) in [5.74, 6) is 1.10. The molecule has 156 valence electrons. The lowest BCUT2D eigenvalue weighted by atomic mass is 10.2. The number of ether oxygens (including phenoxy) is 1. The van der Waals surface area contributed by atoms with Gasteiger partial charge in [0.25, 0.3) is 0 Å². The molecule has 2 aromatic heterocycles. The van der Waals surface area contributed by atoms with E-state index in [1.165, 1.54) is 12.3 Å². The predicted molar refractivity (Wildman–Crippen MR) is 122 cm³/mol. The molecule has 0 aliphatic carbocycles. The molecule has 1 atom stereocenters. The molecule has 0 fully saturated rings. The molecule has 0 radical (unpaired) electrons. The van der Waals surface area contributed by atoms with Crippen molar-refractivity contribution in [3.63, 3.8) is 0 Å². The zero-order chi connectivity index (χ0) is 22.0. The number of halogens is 1. The van der Waals surface area contributed by atoms with Crippen LogP contribution in [-0.2, 0) is 15.6 Å². The fraction of sp³-hybridized carbons (Fsp3) is 0.0455. The number of nitrogens with zero attached hydrogens (tertiary/aromatic N) is 2. The lowest BCUT2D eigenvalue weighted by Gasteiger charge is -2.10. The van der Waals surface area contributed by atoms with Crippen LogP contribution in [0.25, 0.3) is 22.6 Å². The van der Waals surface area contributed by atoms with E-state index < -0.39 is 10.8 Å². The Morgan fingerprint density at radius 1 is 1.26 bits per heavy atom. The molecule has 0 saturated heterocycles. The Kier molecular flexibility index (Phi) is 5.83. The van der Waals surface area contributed by atoms with Crippen molar-refractivity contribution in [3.8, 4) is 22.9 Å². The van der Waals surface area contributed by atoms with Crippen molar-refractivity contribution in [1.82, 2.24) is 15.0 Å². The van der Waals surface area contributed by atoms with Crippen LogP contribution in [0.4, 0.5) is 5.69 Å². The van der Waals surface area contributed by atoms with Crippen molar-refractivity contribution < 1.29 is 13.7 Å². The van der Waals surface area contributed by atoms with Gasteiger partial charge in [0.15, 0.2) is 11.4 Å². The van der Waals surface area contributed by atoms with Gasteiger partial charge in [-0.3, -0.25) is 9.00 Å². The number of aromatic nitrogens is 3. The van der Waals surface area contributed by atoms with Crippen LogP contribution in [0.1, 0.15) is 0 Å². The van der Waals surface area contributed by atoms with Crippen LogP contribution in [0, 0.1) is 0 Å². The highest BCUT2D eigenvalue weighted by molar-refractivity contribution is 7.84. The van der Waals surface area contributed by atoms with Crippen molar-refractivity contribution in [2.75, 3.05) is 11.6 Å². The molecule has 0 bridgehead atoms. The molecule has 0 spiro atoms. The number of amides is 1. The number of benzene rings is 2. The van der Waals surface area contributed by atoms with E-state index in [2.05, 4.69) is 26.8 Å². The predicted octanol–water partition coefficient (Wildman–Crippen LogP) is 4.93. The summed E-state index contributed by atoms with van der Waals surface area (Å²) in [6.45, 7) is 3.44. The third-order valence-corrected chi connectivity index (χ3v) is 5.60. The Hall–Kier alpha value is -3.49. The molecule has 0 aliphatic rings. The fourth-order valence-corrected chi connectivity index (χ4v) is 3.60. The topological polar surface area (TPSA) is 97.0 Å². The van der Waals surface area contributed by atoms with Crippen LogP contribution in [0.5, 0.6) is 11.5 Å². The van der Waals surface area contributed by atoms with E-state index in [0.29, 0.717) is 39.2 Å². The first-order valence-electron chi connectivity index (χ1n) is 9.14. The summed E-state index contributed by atoms with van der Waals surface area (Å²) in [5, 5.41) is 2.99.